The molecule has 0 aliphatic carbocycles. The van der Waals surface area contributed by atoms with E-state index in [1.165, 1.54) is 0 Å². The third-order valence-corrected chi connectivity index (χ3v) is 2.21. The van der Waals surface area contributed by atoms with Crippen molar-refractivity contribution < 1.29 is 80.8 Å². The average Bonchev–Trinajstić information content (AvgIpc) is 2.40. The zero-order chi connectivity index (χ0) is 21.6. The lowest BCUT2D eigenvalue weighted by molar-refractivity contribution is -0.371. The van der Waals surface area contributed by atoms with E-state index in [4.69, 9.17) is 0 Å². The van der Waals surface area contributed by atoms with Crippen LogP contribution in [0.4, 0.5) is 61.5 Å². The van der Waals surface area contributed by atoms with Gasteiger partial charge in [0.1, 0.15) is 0 Å². The molecule has 0 N–H and O–H groups in total. The van der Waals surface area contributed by atoms with Crippen LogP contribution in [0.25, 0.3) is 0 Å². The molecule has 0 rings (SSSR count). The smallest absolute Gasteiger partial charge is 0.240 e. The van der Waals surface area contributed by atoms with Gasteiger partial charge in [-0.2, -0.15) is 61.5 Å². The van der Waals surface area contributed by atoms with E-state index in [1.54, 1.807) is 0 Å². The first-order valence-electron chi connectivity index (χ1n) is 5.13. The summed E-state index contributed by atoms with van der Waals surface area (Å²) in [6.07, 6.45) is -14.3. The summed E-state index contributed by atoms with van der Waals surface area (Å²) in [6.45, 7) is 0. The minimum Gasteiger partial charge on any atom is -0.240 e. The summed E-state index contributed by atoms with van der Waals surface area (Å²) < 4.78 is 170. The Balaban J connectivity index is 5.38. The summed E-state index contributed by atoms with van der Waals surface area (Å²) in [7, 11) is 0. The summed E-state index contributed by atoms with van der Waals surface area (Å²) >= 11 is 0. The molecule has 18 heteroatoms. The third-order valence-electron chi connectivity index (χ3n) is 2.21. The van der Waals surface area contributed by atoms with Crippen molar-refractivity contribution in [3.05, 3.63) is 0 Å². The quantitative estimate of drug-likeness (QED) is 0.392. The van der Waals surface area contributed by atoms with Gasteiger partial charge in [0.15, 0.2) is 0 Å². The maximum Gasteiger partial charge on any atom is 0.460 e. The van der Waals surface area contributed by atoms with E-state index in [0.717, 1.165) is 0 Å². The molecule has 4 nitrogen and oxygen atoms in total. The van der Waals surface area contributed by atoms with Crippen LogP contribution in [0.3, 0.4) is 0 Å². The van der Waals surface area contributed by atoms with Gasteiger partial charge in [-0.3, -0.25) is 0 Å². The zero-order valence-corrected chi connectivity index (χ0v) is 10.9. The zero-order valence-electron chi connectivity index (χ0n) is 10.9. The Kier molecular flexibility index (Phi) is 5.80. The maximum atomic E-state index is 12.6. The molecule has 0 aromatic carbocycles. The molecule has 0 saturated carbocycles. The molecule has 0 unspecified atom stereocenters. The van der Waals surface area contributed by atoms with Gasteiger partial charge in [0.2, 0.25) is 0 Å². The van der Waals surface area contributed by atoms with Gasteiger partial charge in [0.05, 0.1) is 0 Å². The Bertz CT molecular complexity index is 508. The average molecular weight is 426 g/mol. The largest absolute Gasteiger partial charge is 0.460 e. The van der Waals surface area contributed by atoms with Gasteiger partial charge in [-0.1, -0.05) is 0 Å². The second kappa shape index (κ2) is 6.29. The van der Waals surface area contributed by atoms with Gasteiger partial charge >= 0.3 is 48.0 Å². The van der Waals surface area contributed by atoms with Gasteiger partial charge in [0, 0.05) is 0 Å². The summed E-state index contributed by atoms with van der Waals surface area (Å²) in [5.41, 5.74) is 0. The normalized spacial score (nSPS) is 14.8. The lowest BCUT2D eigenvalue weighted by Gasteiger charge is -2.27. The van der Waals surface area contributed by atoms with E-state index < -0.39 is 48.0 Å². The van der Waals surface area contributed by atoms with E-state index in [-0.39, 0.29) is 0 Å². The predicted octanol–water partition coefficient (Wildman–Crippen LogP) is 3.65. The summed E-state index contributed by atoms with van der Waals surface area (Å²) in [6, 6.07) is 0. The van der Waals surface area contributed by atoms with Gasteiger partial charge in [-0.15, -0.1) is 0 Å². The first-order valence-corrected chi connectivity index (χ1v) is 5.13. The van der Waals surface area contributed by atoms with Crippen molar-refractivity contribution in [3.63, 3.8) is 0 Å². The first kappa shape index (κ1) is 24.0. The van der Waals surface area contributed by atoms with Crippen LogP contribution in [-0.4, -0.2) is 48.0 Å². The molecule has 0 aromatic heterocycles. The molecule has 0 aliphatic heterocycles. The van der Waals surface area contributed by atoms with E-state index in [0.29, 0.717) is 0 Å². The lowest BCUT2D eigenvalue weighted by Crippen LogP contribution is -2.58. The number of rotatable bonds is 4. The number of hydrogen-bond donors (Lipinski definition) is 0. The minimum absolute atomic E-state index is 2.15. The van der Waals surface area contributed by atoms with Crippen LogP contribution >= 0.6 is 0 Å². The Morgan fingerprint density at radius 3 is 0.808 bits per heavy atom. The van der Waals surface area contributed by atoms with Gasteiger partial charge < -0.3 is 0 Å². The Labute approximate surface area is 130 Å². The fraction of sp³-hybridized carbons (Fsp3) is 0.750. The number of halogens is 14. The van der Waals surface area contributed by atoms with Crippen molar-refractivity contribution in [2.24, 2.45) is 0 Å². The highest BCUT2D eigenvalue weighted by molar-refractivity contribution is 5.82. The summed E-state index contributed by atoms with van der Waals surface area (Å²) in [5.74, 6) is -36.7. The van der Waals surface area contributed by atoms with E-state index in [9.17, 15) is 71.1 Å². The van der Waals surface area contributed by atoms with Crippen LogP contribution in [0.5, 0.6) is 0 Å². The highest BCUT2D eigenvalue weighted by Gasteiger charge is 2.79. The van der Waals surface area contributed by atoms with Gasteiger partial charge in [-0.25, -0.2) is 19.4 Å². The van der Waals surface area contributed by atoms with E-state index in [1.807, 2.05) is 0 Å². The second-order valence-corrected chi connectivity index (χ2v) is 4.03. The Morgan fingerprint density at radius 2 is 0.654 bits per heavy atom. The van der Waals surface area contributed by atoms with Crippen LogP contribution in [0, 0.1) is 0 Å². The Morgan fingerprint density at radius 1 is 0.462 bits per heavy atom. The number of alkyl halides is 14. The standard InChI is InChI=1S/C8F14O4/c9-3(10,5(13,14)7(17,18)19)1(23)25-26-2(24)4(11,12)6(15,16)8(20,21)22. The van der Waals surface area contributed by atoms with Crippen molar-refractivity contribution in [1.82, 2.24) is 0 Å². The molecule has 0 bridgehead atoms. The van der Waals surface area contributed by atoms with Gasteiger partial charge in [-0.05, 0) is 0 Å². The number of carbonyl (C=O) groups is 2. The molecule has 0 fully saturated rings. The first-order chi connectivity index (χ1) is 11.0. The lowest BCUT2D eigenvalue weighted by atomic mass is 10.1. The summed E-state index contributed by atoms with van der Waals surface area (Å²) in [4.78, 5) is 25.0. The summed E-state index contributed by atoms with van der Waals surface area (Å²) in [5, 5.41) is 0. The maximum absolute atomic E-state index is 12.6. The molecule has 0 aromatic rings. The molecular formula is C8F14O4. The SMILES string of the molecule is O=C(OOC(=O)C(F)(F)C(F)(F)C(F)(F)F)C(F)(F)C(F)(F)C(F)(F)F. The molecule has 154 valence electrons. The number of hydrogen-bond acceptors (Lipinski definition) is 4. The monoisotopic (exact) mass is 426 g/mol. The molecule has 0 saturated heterocycles. The molecule has 0 amide bonds. The molecule has 0 radical (unpaired) electrons. The molecular weight excluding hydrogens is 426 g/mol. The predicted molar refractivity (Wildman–Crippen MR) is 44.1 cm³/mol. The topological polar surface area (TPSA) is 52.6 Å². The van der Waals surface area contributed by atoms with Crippen molar-refractivity contribution >= 4 is 11.9 Å². The van der Waals surface area contributed by atoms with Crippen molar-refractivity contribution in [1.29, 1.82) is 0 Å². The molecule has 0 aliphatic rings. The fourth-order valence-electron chi connectivity index (χ4n) is 0.793. The highest BCUT2D eigenvalue weighted by atomic mass is 19.4. The van der Waals surface area contributed by atoms with Crippen LogP contribution in [0.2, 0.25) is 0 Å². The highest BCUT2D eigenvalue weighted by Crippen LogP contribution is 2.48. The van der Waals surface area contributed by atoms with Crippen LogP contribution in [-0.2, 0) is 19.4 Å². The minimum atomic E-state index is -7.22. The van der Waals surface area contributed by atoms with Gasteiger partial charge in [0.25, 0.3) is 0 Å². The van der Waals surface area contributed by atoms with Crippen molar-refractivity contribution in [3.8, 4) is 0 Å². The van der Waals surface area contributed by atoms with Crippen LogP contribution in [0.1, 0.15) is 0 Å². The van der Waals surface area contributed by atoms with Crippen molar-refractivity contribution in [2.75, 3.05) is 0 Å². The van der Waals surface area contributed by atoms with Crippen molar-refractivity contribution in [2.45, 2.75) is 36.0 Å². The number of carbonyl (C=O) groups excluding carboxylic acids is 2. The molecule has 0 heterocycles. The fourth-order valence-corrected chi connectivity index (χ4v) is 0.793. The third kappa shape index (κ3) is 3.71. The second-order valence-electron chi connectivity index (χ2n) is 4.03. The van der Waals surface area contributed by atoms with E-state index in [2.05, 4.69) is 9.78 Å². The van der Waals surface area contributed by atoms with Crippen LogP contribution < -0.4 is 0 Å². The van der Waals surface area contributed by atoms with E-state index >= 15 is 0 Å². The molecule has 26 heavy (non-hydrogen) atoms. The molecule has 0 spiro atoms. The Hall–Kier alpha value is -2.04. The van der Waals surface area contributed by atoms with Crippen LogP contribution in [0.15, 0.2) is 0 Å². The molecule has 0 atom stereocenters.